The minimum Gasteiger partial charge on any atom is -0.263 e. The van der Waals surface area contributed by atoms with Gasteiger partial charge in [-0.25, -0.2) is 8.42 Å². The summed E-state index contributed by atoms with van der Waals surface area (Å²) in [6.45, 7) is 0. The van der Waals surface area contributed by atoms with E-state index in [2.05, 4.69) is 0 Å². The summed E-state index contributed by atoms with van der Waals surface area (Å²) in [5, 5.41) is 11.8. The van der Waals surface area contributed by atoms with Gasteiger partial charge in [0.25, 0.3) is 0 Å². The van der Waals surface area contributed by atoms with E-state index in [0.29, 0.717) is 15.8 Å². The summed E-state index contributed by atoms with van der Waals surface area (Å²) in [6, 6.07) is 9.40. The van der Waals surface area contributed by atoms with Crippen LogP contribution in [0, 0.1) is 10.1 Å². The van der Waals surface area contributed by atoms with Gasteiger partial charge < -0.3 is 0 Å². The van der Waals surface area contributed by atoms with Crippen molar-refractivity contribution in [3.05, 3.63) is 51.5 Å². The van der Waals surface area contributed by atoms with Gasteiger partial charge in [-0.1, -0.05) is 29.8 Å². The maximum atomic E-state index is 11.9. The van der Waals surface area contributed by atoms with E-state index in [9.17, 15) is 18.5 Å². The van der Waals surface area contributed by atoms with Crippen molar-refractivity contribution in [1.82, 2.24) is 0 Å². The van der Waals surface area contributed by atoms with E-state index in [-0.39, 0.29) is 4.90 Å². The number of nitrogens with zero attached hydrogens (tertiary/aromatic N) is 1. The highest BCUT2D eigenvalue weighted by atomic mass is 35.5. The molecule has 2 rings (SSSR count). The van der Waals surface area contributed by atoms with Crippen molar-refractivity contribution in [2.75, 3.05) is 5.88 Å². The van der Waals surface area contributed by atoms with Crippen molar-refractivity contribution in [2.45, 2.75) is 4.90 Å². The van der Waals surface area contributed by atoms with Crippen LogP contribution in [0.2, 0.25) is 5.02 Å². The molecule has 18 heavy (non-hydrogen) atoms. The van der Waals surface area contributed by atoms with Gasteiger partial charge in [0.05, 0.1) is 4.90 Å². The molecule has 94 valence electrons. The average molecular weight is 286 g/mol. The zero-order chi connectivity index (χ0) is 13.3. The third-order valence-electron chi connectivity index (χ3n) is 2.41. The van der Waals surface area contributed by atoms with Crippen molar-refractivity contribution in [2.24, 2.45) is 0 Å². The van der Waals surface area contributed by atoms with Crippen LogP contribution in [-0.4, -0.2) is 19.2 Å². The monoisotopic (exact) mass is 285 g/mol. The van der Waals surface area contributed by atoms with E-state index < -0.39 is 20.6 Å². The Morgan fingerprint density at radius 1 is 1.22 bits per heavy atom. The zero-order valence-corrected chi connectivity index (χ0v) is 10.6. The Morgan fingerprint density at radius 2 is 1.94 bits per heavy atom. The first-order valence-corrected chi connectivity index (χ1v) is 6.96. The van der Waals surface area contributed by atoms with Crippen LogP contribution in [0.25, 0.3) is 10.8 Å². The molecule has 0 N–H and O–H groups in total. The van der Waals surface area contributed by atoms with E-state index in [1.165, 1.54) is 12.1 Å². The summed E-state index contributed by atoms with van der Waals surface area (Å²) in [6.07, 6.45) is 0. The Hall–Kier alpha value is -1.66. The summed E-state index contributed by atoms with van der Waals surface area (Å²) in [4.78, 5) is 9.46. The second kappa shape index (κ2) is 4.55. The lowest BCUT2D eigenvalue weighted by molar-refractivity contribution is -0.458. The highest BCUT2D eigenvalue weighted by molar-refractivity contribution is 7.91. The predicted molar refractivity (Wildman–Crippen MR) is 68.0 cm³/mol. The van der Waals surface area contributed by atoms with Crippen LogP contribution in [0.3, 0.4) is 0 Å². The number of benzene rings is 2. The van der Waals surface area contributed by atoms with Gasteiger partial charge >= 0.3 is 5.88 Å². The lowest BCUT2D eigenvalue weighted by Crippen LogP contribution is -2.14. The SMILES string of the molecule is O=[N+]([O-])CS(=O)(=O)c1cccc2ccc(Cl)cc12. The van der Waals surface area contributed by atoms with Crippen molar-refractivity contribution in [1.29, 1.82) is 0 Å². The van der Waals surface area contributed by atoms with Crippen LogP contribution in [-0.2, 0) is 9.84 Å². The molecule has 0 fully saturated rings. The molecule has 0 aliphatic heterocycles. The number of sulfone groups is 1. The largest absolute Gasteiger partial charge is 0.305 e. The number of halogens is 1. The molecule has 2 aromatic carbocycles. The maximum absolute atomic E-state index is 11.9. The molecule has 0 heterocycles. The second-order valence-electron chi connectivity index (χ2n) is 3.70. The van der Waals surface area contributed by atoms with Gasteiger partial charge in [0.15, 0.2) is 0 Å². The van der Waals surface area contributed by atoms with Crippen molar-refractivity contribution < 1.29 is 13.3 Å². The lowest BCUT2D eigenvalue weighted by atomic mass is 10.1. The number of fused-ring (bicyclic) bond motifs is 1. The first-order chi connectivity index (χ1) is 8.40. The fourth-order valence-corrected chi connectivity index (χ4v) is 3.08. The molecule has 0 spiro atoms. The molecule has 0 atom stereocenters. The van der Waals surface area contributed by atoms with Crippen LogP contribution in [0.4, 0.5) is 0 Å². The summed E-state index contributed by atoms with van der Waals surface area (Å²) in [7, 11) is -3.96. The second-order valence-corrected chi connectivity index (χ2v) is 6.06. The zero-order valence-electron chi connectivity index (χ0n) is 9.04. The van der Waals surface area contributed by atoms with Gasteiger partial charge in [0, 0.05) is 15.3 Å². The third kappa shape index (κ3) is 2.44. The topological polar surface area (TPSA) is 77.3 Å². The Bertz CT molecular complexity index is 727. The smallest absolute Gasteiger partial charge is 0.263 e. The summed E-state index contributed by atoms with van der Waals surface area (Å²) >= 11 is 5.82. The molecule has 0 aliphatic rings. The van der Waals surface area contributed by atoms with E-state index in [0.717, 1.165) is 0 Å². The molecule has 0 saturated heterocycles. The van der Waals surface area contributed by atoms with Crippen molar-refractivity contribution >= 4 is 32.2 Å². The highest BCUT2D eigenvalue weighted by Gasteiger charge is 2.23. The van der Waals surface area contributed by atoms with E-state index in [1.807, 2.05) is 0 Å². The predicted octanol–water partition coefficient (Wildman–Crippen LogP) is 2.50. The number of rotatable bonds is 3. The number of hydrogen-bond acceptors (Lipinski definition) is 4. The molecule has 2 aromatic rings. The van der Waals surface area contributed by atoms with Crippen LogP contribution in [0.15, 0.2) is 41.3 Å². The molecule has 0 unspecified atom stereocenters. The molecule has 0 aromatic heterocycles. The van der Waals surface area contributed by atoms with E-state index >= 15 is 0 Å². The first-order valence-electron chi connectivity index (χ1n) is 4.93. The number of hydrogen-bond donors (Lipinski definition) is 0. The summed E-state index contributed by atoms with van der Waals surface area (Å²) < 4.78 is 23.8. The molecule has 7 heteroatoms. The van der Waals surface area contributed by atoms with Crippen LogP contribution in [0.5, 0.6) is 0 Å². The molecule has 0 amide bonds. The fourth-order valence-electron chi connectivity index (χ4n) is 1.70. The van der Waals surface area contributed by atoms with Crippen LogP contribution >= 0.6 is 11.6 Å². The summed E-state index contributed by atoms with van der Waals surface area (Å²) in [5.41, 5.74) is 0. The van der Waals surface area contributed by atoms with Crippen LogP contribution in [0.1, 0.15) is 0 Å². The minimum absolute atomic E-state index is 0.0702. The molecule has 0 bridgehead atoms. The standard InChI is InChI=1S/C11H8ClNO4S/c12-9-5-4-8-2-1-3-11(10(8)6-9)18(16,17)7-13(14)15/h1-6H,7H2. The summed E-state index contributed by atoms with van der Waals surface area (Å²) in [5.74, 6) is -1.13. The van der Waals surface area contributed by atoms with Crippen molar-refractivity contribution in [3.63, 3.8) is 0 Å². The lowest BCUT2D eigenvalue weighted by Gasteiger charge is -2.05. The van der Waals surface area contributed by atoms with Crippen LogP contribution < -0.4 is 0 Å². The molecule has 0 saturated carbocycles. The molecular formula is C11H8ClNO4S. The van der Waals surface area contributed by atoms with E-state index in [1.54, 1.807) is 24.3 Å². The molecule has 5 nitrogen and oxygen atoms in total. The Morgan fingerprint density at radius 3 is 2.61 bits per heavy atom. The first kappa shape index (κ1) is 12.8. The molecular weight excluding hydrogens is 278 g/mol. The van der Waals surface area contributed by atoms with E-state index in [4.69, 9.17) is 11.6 Å². The van der Waals surface area contributed by atoms with Gasteiger partial charge in [-0.2, -0.15) is 0 Å². The maximum Gasteiger partial charge on any atom is 0.305 e. The van der Waals surface area contributed by atoms with Gasteiger partial charge in [-0.05, 0) is 23.6 Å². The Labute approximate surface area is 108 Å². The Balaban J connectivity index is 2.71. The molecule has 0 aliphatic carbocycles. The van der Waals surface area contributed by atoms with Crippen molar-refractivity contribution in [3.8, 4) is 0 Å². The number of nitro groups is 1. The fraction of sp³-hybridized carbons (Fsp3) is 0.0909. The van der Waals surface area contributed by atoms with Gasteiger partial charge in [0.1, 0.15) is 0 Å². The van der Waals surface area contributed by atoms with Gasteiger partial charge in [0.2, 0.25) is 9.84 Å². The van der Waals surface area contributed by atoms with Gasteiger partial charge in [-0.3, -0.25) is 10.1 Å². The Kier molecular flexibility index (Phi) is 3.23. The third-order valence-corrected chi connectivity index (χ3v) is 4.23. The normalized spacial score (nSPS) is 11.6. The minimum atomic E-state index is -3.96. The highest BCUT2D eigenvalue weighted by Crippen LogP contribution is 2.26. The average Bonchev–Trinajstić information content (AvgIpc) is 2.26. The molecule has 0 radical (unpaired) electrons. The van der Waals surface area contributed by atoms with Gasteiger partial charge in [-0.15, -0.1) is 0 Å². The quantitative estimate of drug-likeness (QED) is 0.641.